The molecule has 0 unspecified atom stereocenters. The van der Waals surface area contributed by atoms with Crippen LogP contribution in [-0.4, -0.2) is 16.1 Å². The third kappa shape index (κ3) is 4.62. The molecule has 0 radical (unpaired) electrons. The predicted octanol–water partition coefficient (Wildman–Crippen LogP) is 1.14. The second-order valence-corrected chi connectivity index (χ2v) is 4.91. The van der Waals surface area contributed by atoms with Crippen LogP contribution in [0.5, 0.6) is 0 Å². The number of aliphatic carboxylic acids is 1. The first kappa shape index (κ1) is 18.1. The standard InChI is InChI=1S/C18H15NO3.K.H/c20-16(21)12-11-15-19-17(13-7-3-1-4-8-13)18(22-15)14-9-5-2-6-10-14;;/h1-10H,11-12H2,(H,20,21);;/q;+1;-1. The minimum absolute atomic E-state index is 0. The van der Waals surface area contributed by atoms with Crippen molar-refractivity contribution >= 4 is 5.97 Å². The maximum Gasteiger partial charge on any atom is 1.00 e. The quantitative estimate of drug-likeness (QED) is 0.711. The first-order valence-electron chi connectivity index (χ1n) is 7.06. The van der Waals surface area contributed by atoms with Crippen LogP contribution in [-0.2, 0) is 11.2 Å². The number of carboxylic acid groups (broad SMARTS) is 1. The van der Waals surface area contributed by atoms with Crippen molar-refractivity contribution in [3.63, 3.8) is 0 Å². The van der Waals surface area contributed by atoms with Crippen molar-refractivity contribution in [3.8, 4) is 22.6 Å². The first-order chi connectivity index (χ1) is 10.7. The third-order valence-corrected chi connectivity index (χ3v) is 3.31. The van der Waals surface area contributed by atoms with Gasteiger partial charge in [0.15, 0.2) is 11.7 Å². The molecular weight excluding hydrogens is 317 g/mol. The van der Waals surface area contributed by atoms with Crippen molar-refractivity contribution in [3.05, 3.63) is 66.6 Å². The normalized spacial score (nSPS) is 10.1. The summed E-state index contributed by atoms with van der Waals surface area (Å²) in [6.45, 7) is 0. The van der Waals surface area contributed by atoms with E-state index in [2.05, 4.69) is 4.98 Å². The fraction of sp³-hybridized carbons (Fsp3) is 0.111. The summed E-state index contributed by atoms with van der Waals surface area (Å²) in [5.74, 6) is 0.257. The summed E-state index contributed by atoms with van der Waals surface area (Å²) in [6, 6.07) is 19.5. The molecular formula is C18H16KNO3. The van der Waals surface area contributed by atoms with Gasteiger partial charge in [-0.25, -0.2) is 4.98 Å². The fourth-order valence-corrected chi connectivity index (χ4v) is 2.26. The van der Waals surface area contributed by atoms with Gasteiger partial charge in [-0.2, -0.15) is 0 Å². The Morgan fingerprint density at radius 3 is 2.13 bits per heavy atom. The fourth-order valence-electron chi connectivity index (χ4n) is 2.26. The second-order valence-electron chi connectivity index (χ2n) is 4.91. The van der Waals surface area contributed by atoms with Gasteiger partial charge in [0.25, 0.3) is 0 Å². The Kier molecular flexibility index (Phi) is 6.74. The Morgan fingerprint density at radius 2 is 1.57 bits per heavy atom. The van der Waals surface area contributed by atoms with Crippen molar-refractivity contribution < 1.29 is 67.1 Å². The Balaban J connectivity index is 0.00000144. The largest absolute Gasteiger partial charge is 1.00 e. The van der Waals surface area contributed by atoms with Gasteiger partial charge in [-0.1, -0.05) is 60.7 Å². The molecule has 0 saturated heterocycles. The molecule has 3 rings (SSSR count). The molecule has 1 heterocycles. The predicted molar refractivity (Wildman–Crippen MR) is 84.4 cm³/mol. The molecule has 1 aromatic heterocycles. The van der Waals surface area contributed by atoms with E-state index >= 15 is 0 Å². The van der Waals surface area contributed by atoms with Gasteiger partial charge >= 0.3 is 57.4 Å². The number of carbonyl (C=O) groups is 1. The molecule has 112 valence electrons. The van der Waals surface area contributed by atoms with Gasteiger partial charge < -0.3 is 11.0 Å². The molecule has 0 saturated carbocycles. The molecule has 0 fully saturated rings. The van der Waals surface area contributed by atoms with E-state index in [-0.39, 0.29) is 65.7 Å². The van der Waals surface area contributed by atoms with Crippen molar-refractivity contribution in [1.29, 1.82) is 0 Å². The third-order valence-electron chi connectivity index (χ3n) is 3.31. The molecule has 2 aromatic carbocycles. The molecule has 0 spiro atoms. The van der Waals surface area contributed by atoms with E-state index < -0.39 is 5.97 Å². The van der Waals surface area contributed by atoms with E-state index in [0.717, 1.165) is 16.8 Å². The summed E-state index contributed by atoms with van der Waals surface area (Å²) in [5.41, 5.74) is 2.62. The van der Waals surface area contributed by atoms with Crippen LogP contribution < -0.4 is 51.4 Å². The topological polar surface area (TPSA) is 63.3 Å². The van der Waals surface area contributed by atoms with E-state index in [1.807, 2.05) is 60.7 Å². The summed E-state index contributed by atoms with van der Waals surface area (Å²) >= 11 is 0. The number of oxazole rings is 1. The summed E-state index contributed by atoms with van der Waals surface area (Å²) in [5, 5.41) is 8.82. The first-order valence-corrected chi connectivity index (χ1v) is 7.06. The molecule has 0 aliphatic carbocycles. The van der Waals surface area contributed by atoms with Crippen LogP contribution >= 0.6 is 0 Å². The minimum Gasteiger partial charge on any atom is -1.00 e. The molecule has 0 atom stereocenters. The van der Waals surface area contributed by atoms with Crippen LogP contribution in [0, 0.1) is 0 Å². The summed E-state index contributed by atoms with van der Waals surface area (Å²) in [7, 11) is 0. The van der Waals surface area contributed by atoms with Gasteiger partial charge in [0.2, 0.25) is 0 Å². The van der Waals surface area contributed by atoms with Crippen molar-refractivity contribution in [2.24, 2.45) is 0 Å². The molecule has 0 aliphatic rings. The van der Waals surface area contributed by atoms with E-state index in [1.165, 1.54) is 0 Å². The number of carboxylic acids is 1. The molecule has 3 aromatic rings. The van der Waals surface area contributed by atoms with Crippen molar-refractivity contribution in [2.45, 2.75) is 12.8 Å². The Hall–Kier alpha value is -1.24. The molecule has 1 N–H and O–H groups in total. The van der Waals surface area contributed by atoms with Gasteiger partial charge in [-0.15, -0.1) is 0 Å². The maximum absolute atomic E-state index is 10.7. The van der Waals surface area contributed by atoms with Gasteiger partial charge in [-0.05, 0) is 0 Å². The molecule has 0 amide bonds. The van der Waals surface area contributed by atoms with Crippen LogP contribution in [0.3, 0.4) is 0 Å². The number of benzene rings is 2. The van der Waals surface area contributed by atoms with Gasteiger partial charge in [0.1, 0.15) is 5.69 Å². The Morgan fingerprint density at radius 1 is 1.00 bits per heavy atom. The number of hydrogen-bond donors (Lipinski definition) is 1. The van der Waals surface area contributed by atoms with E-state index in [0.29, 0.717) is 11.7 Å². The molecule has 0 bridgehead atoms. The van der Waals surface area contributed by atoms with Crippen LogP contribution in [0.4, 0.5) is 0 Å². The average Bonchev–Trinajstić information content (AvgIpc) is 2.99. The zero-order valence-electron chi connectivity index (χ0n) is 13.9. The van der Waals surface area contributed by atoms with E-state index in [9.17, 15) is 4.79 Å². The zero-order valence-corrected chi connectivity index (χ0v) is 16.0. The number of hydrogen-bond acceptors (Lipinski definition) is 3. The van der Waals surface area contributed by atoms with Crippen LogP contribution in [0.1, 0.15) is 13.7 Å². The number of rotatable bonds is 5. The average molecular weight is 333 g/mol. The molecule has 0 aliphatic heterocycles. The summed E-state index contributed by atoms with van der Waals surface area (Å²) in [6.07, 6.45) is 0.283. The smallest absolute Gasteiger partial charge is 1.00 e. The van der Waals surface area contributed by atoms with Gasteiger partial charge in [0, 0.05) is 17.5 Å². The van der Waals surface area contributed by atoms with Crippen LogP contribution in [0.15, 0.2) is 65.1 Å². The second kappa shape index (κ2) is 8.56. The monoisotopic (exact) mass is 333 g/mol. The Bertz CT molecular complexity index is 718. The van der Waals surface area contributed by atoms with Gasteiger partial charge in [-0.3, -0.25) is 4.79 Å². The molecule has 4 nitrogen and oxygen atoms in total. The van der Waals surface area contributed by atoms with Crippen LogP contribution in [0.2, 0.25) is 0 Å². The molecule has 5 heteroatoms. The summed E-state index contributed by atoms with van der Waals surface area (Å²) < 4.78 is 5.83. The van der Waals surface area contributed by atoms with Crippen molar-refractivity contribution in [2.75, 3.05) is 0 Å². The zero-order chi connectivity index (χ0) is 15.4. The van der Waals surface area contributed by atoms with Crippen LogP contribution in [0.25, 0.3) is 22.6 Å². The number of nitrogens with zero attached hydrogens (tertiary/aromatic N) is 1. The van der Waals surface area contributed by atoms with Crippen molar-refractivity contribution in [1.82, 2.24) is 4.98 Å². The summed E-state index contributed by atoms with van der Waals surface area (Å²) in [4.78, 5) is 15.2. The van der Waals surface area contributed by atoms with E-state index in [4.69, 9.17) is 9.52 Å². The molecule has 23 heavy (non-hydrogen) atoms. The maximum atomic E-state index is 10.7. The van der Waals surface area contributed by atoms with E-state index in [1.54, 1.807) is 0 Å². The Labute approximate surface area is 178 Å². The van der Waals surface area contributed by atoms with Gasteiger partial charge in [0.05, 0.1) is 6.42 Å². The number of aromatic nitrogens is 1. The minimum atomic E-state index is -0.860. The number of aryl methyl sites for hydroxylation is 1. The SMILES string of the molecule is O=C(O)CCc1nc(-c2ccccc2)c(-c2ccccc2)o1.[H-].[K+].